The molecule has 0 bridgehead atoms. The summed E-state index contributed by atoms with van der Waals surface area (Å²) >= 11 is 0. The summed E-state index contributed by atoms with van der Waals surface area (Å²) in [5.74, 6) is 10.4. The monoisotopic (exact) mass is 538 g/mol. The zero-order chi connectivity index (χ0) is 27.2. The SMILES string of the molecule is C=S(=C)(C)c1ccc(C2=NCC(CC3CCN(C(N)CC(Cc4ccccc4)c4ccccc4)CC3)=N2)cc1. The molecule has 2 atom stereocenters. The molecule has 0 saturated carbocycles. The van der Waals surface area contributed by atoms with Crippen LogP contribution in [0.3, 0.4) is 0 Å². The molecule has 3 aromatic carbocycles. The van der Waals surface area contributed by atoms with Crippen molar-refractivity contribution >= 4 is 32.5 Å². The van der Waals surface area contributed by atoms with Crippen molar-refractivity contribution in [3.05, 3.63) is 102 Å². The fourth-order valence-corrected chi connectivity index (χ4v) is 6.60. The third kappa shape index (κ3) is 7.36. The molecule has 2 heterocycles. The number of likely N-dealkylation sites (tertiary alicyclic amines) is 1. The van der Waals surface area contributed by atoms with E-state index in [-0.39, 0.29) is 6.17 Å². The van der Waals surface area contributed by atoms with Crippen molar-refractivity contribution in [1.82, 2.24) is 4.90 Å². The quantitative estimate of drug-likeness (QED) is 0.306. The van der Waals surface area contributed by atoms with Crippen LogP contribution in [0.25, 0.3) is 0 Å². The molecule has 1 fully saturated rings. The van der Waals surface area contributed by atoms with Crippen LogP contribution in [0.15, 0.2) is 99.8 Å². The summed E-state index contributed by atoms with van der Waals surface area (Å²) in [4.78, 5) is 13.4. The first-order valence-corrected chi connectivity index (χ1v) is 16.5. The normalized spacial score (nSPS) is 18.4. The Morgan fingerprint density at radius 1 is 0.923 bits per heavy atom. The molecule has 4 nitrogen and oxygen atoms in total. The molecule has 5 rings (SSSR count). The molecular weight excluding hydrogens is 496 g/mol. The zero-order valence-electron chi connectivity index (χ0n) is 23.2. The van der Waals surface area contributed by atoms with Crippen molar-refractivity contribution in [3.63, 3.8) is 0 Å². The zero-order valence-corrected chi connectivity index (χ0v) is 24.0. The highest BCUT2D eigenvalue weighted by Crippen LogP contribution is 2.30. The van der Waals surface area contributed by atoms with E-state index in [4.69, 9.17) is 15.7 Å². The average Bonchev–Trinajstić information content (AvgIpc) is 3.42. The number of hydrogen-bond donors (Lipinski definition) is 1. The molecular formula is C34H42N4S. The lowest BCUT2D eigenvalue weighted by Gasteiger charge is -2.37. The van der Waals surface area contributed by atoms with E-state index in [1.807, 2.05) is 0 Å². The fraction of sp³-hybridized carbons (Fsp3) is 0.353. The predicted octanol–water partition coefficient (Wildman–Crippen LogP) is 6.35. The molecule has 2 N–H and O–H groups in total. The summed E-state index contributed by atoms with van der Waals surface area (Å²) in [7, 11) is -1.21. The van der Waals surface area contributed by atoms with E-state index >= 15 is 0 Å². The van der Waals surface area contributed by atoms with Crippen LogP contribution in [-0.2, 0) is 6.42 Å². The number of piperidine rings is 1. The van der Waals surface area contributed by atoms with Crippen LogP contribution in [0.4, 0.5) is 0 Å². The number of amidine groups is 1. The second kappa shape index (κ2) is 12.5. The van der Waals surface area contributed by atoms with Crippen molar-refractivity contribution < 1.29 is 0 Å². The molecule has 0 aromatic heterocycles. The third-order valence-electron chi connectivity index (χ3n) is 8.12. The van der Waals surface area contributed by atoms with Gasteiger partial charge in [-0.3, -0.25) is 9.89 Å². The van der Waals surface area contributed by atoms with Gasteiger partial charge in [0, 0.05) is 11.3 Å². The van der Waals surface area contributed by atoms with Gasteiger partial charge in [-0.15, -0.1) is 0 Å². The first kappa shape index (κ1) is 27.6. The van der Waals surface area contributed by atoms with Crippen molar-refractivity contribution in [2.45, 2.75) is 49.1 Å². The van der Waals surface area contributed by atoms with E-state index in [1.165, 1.54) is 34.6 Å². The number of rotatable bonds is 10. The van der Waals surface area contributed by atoms with E-state index in [1.54, 1.807) is 0 Å². The molecule has 204 valence electrons. The van der Waals surface area contributed by atoms with Gasteiger partial charge in [0.15, 0.2) is 5.84 Å². The molecule has 2 unspecified atom stereocenters. The summed E-state index contributed by atoms with van der Waals surface area (Å²) in [5, 5.41) is 0. The summed E-state index contributed by atoms with van der Waals surface area (Å²) in [5.41, 5.74) is 11.9. The van der Waals surface area contributed by atoms with Crippen molar-refractivity contribution in [1.29, 1.82) is 0 Å². The minimum Gasteiger partial charge on any atom is -0.316 e. The lowest BCUT2D eigenvalue weighted by molar-refractivity contribution is 0.126. The van der Waals surface area contributed by atoms with E-state index in [0.29, 0.717) is 11.8 Å². The topological polar surface area (TPSA) is 54.0 Å². The van der Waals surface area contributed by atoms with Crippen LogP contribution in [-0.4, -0.2) is 60.2 Å². The van der Waals surface area contributed by atoms with E-state index in [9.17, 15) is 0 Å². The Morgan fingerprint density at radius 2 is 1.56 bits per heavy atom. The highest BCUT2D eigenvalue weighted by molar-refractivity contribution is 8.27. The Labute approximate surface area is 235 Å². The summed E-state index contributed by atoms with van der Waals surface area (Å²) in [6, 6.07) is 30.2. The standard InChI is InChI=1S/C34H42N4S/c1-39(2,3)32-16-14-29(15-17-32)34-36-25-31(37-34)23-27-18-20-38(21-19-27)33(35)24-30(28-12-8-5-9-13-28)22-26-10-6-4-7-11-26/h4-17,27,30,33H,1-2,18-25,35H2,3H3. The molecule has 5 heteroatoms. The molecule has 39 heavy (non-hydrogen) atoms. The van der Waals surface area contributed by atoms with Gasteiger partial charge in [-0.25, -0.2) is 4.99 Å². The van der Waals surface area contributed by atoms with Gasteiger partial charge < -0.3 is 5.73 Å². The smallest absolute Gasteiger partial charge is 0.154 e. The van der Waals surface area contributed by atoms with Crippen molar-refractivity contribution in [2.24, 2.45) is 21.6 Å². The molecule has 1 saturated heterocycles. The first-order valence-electron chi connectivity index (χ1n) is 14.1. The van der Waals surface area contributed by atoms with Gasteiger partial charge in [0.25, 0.3) is 0 Å². The summed E-state index contributed by atoms with van der Waals surface area (Å²) in [6.45, 7) is 2.83. The van der Waals surface area contributed by atoms with Gasteiger partial charge in [0.1, 0.15) is 0 Å². The summed E-state index contributed by atoms with van der Waals surface area (Å²) < 4.78 is 0. The maximum Gasteiger partial charge on any atom is 0.154 e. The summed E-state index contributed by atoms with van der Waals surface area (Å²) in [6.07, 6.45) is 7.53. The van der Waals surface area contributed by atoms with Gasteiger partial charge in [0.05, 0.1) is 12.7 Å². The molecule has 3 aromatic rings. The van der Waals surface area contributed by atoms with Gasteiger partial charge in [-0.1, -0.05) is 84.5 Å². The maximum atomic E-state index is 6.85. The highest BCUT2D eigenvalue weighted by Gasteiger charge is 2.27. The molecule has 0 amide bonds. The molecule has 0 radical (unpaired) electrons. The number of hydrogen-bond acceptors (Lipinski definition) is 4. The third-order valence-corrected chi connectivity index (χ3v) is 9.53. The average molecular weight is 539 g/mol. The van der Waals surface area contributed by atoms with Crippen molar-refractivity contribution in [3.8, 4) is 0 Å². The van der Waals surface area contributed by atoms with Crippen LogP contribution in [0.5, 0.6) is 0 Å². The van der Waals surface area contributed by atoms with E-state index < -0.39 is 9.21 Å². The van der Waals surface area contributed by atoms with E-state index in [0.717, 1.165) is 50.3 Å². The maximum absolute atomic E-state index is 6.85. The first-order chi connectivity index (χ1) is 18.8. The van der Waals surface area contributed by atoms with Crippen LogP contribution in [0.1, 0.15) is 48.3 Å². The number of nitrogens with two attached hydrogens (primary N) is 1. The Hall–Kier alpha value is -2.99. The number of benzene rings is 3. The number of aliphatic imine (C=N–C) groups is 2. The minimum absolute atomic E-state index is 0.0712. The van der Waals surface area contributed by atoms with Crippen molar-refractivity contribution in [2.75, 3.05) is 25.9 Å². The van der Waals surface area contributed by atoms with Crippen LogP contribution in [0, 0.1) is 5.92 Å². The van der Waals surface area contributed by atoms with E-state index in [2.05, 4.69) is 108 Å². The van der Waals surface area contributed by atoms with Gasteiger partial charge in [-0.2, -0.15) is 9.21 Å². The van der Waals surface area contributed by atoms with Crippen LogP contribution in [0.2, 0.25) is 0 Å². The van der Waals surface area contributed by atoms with Crippen LogP contribution < -0.4 is 5.73 Å². The van der Waals surface area contributed by atoms with Gasteiger partial charge in [-0.05, 0) is 91.4 Å². The Balaban J connectivity index is 1.14. The fourth-order valence-electron chi connectivity index (χ4n) is 5.81. The molecule has 0 aliphatic carbocycles. The predicted molar refractivity (Wildman–Crippen MR) is 172 cm³/mol. The van der Waals surface area contributed by atoms with Gasteiger partial charge in [0.2, 0.25) is 0 Å². The minimum atomic E-state index is -1.21. The molecule has 0 spiro atoms. The largest absolute Gasteiger partial charge is 0.316 e. The molecule has 2 aliphatic rings. The van der Waals surface area contributed by atoms with Crippen LogP contribution >= 0.6 is 9.21 Å². The second-order valence-electron chi connectivity index (χ2n) is 11.4. The Morgan fingerprint density at radius 3 is 2.21 bits per heavy atom. The number of nitrogens with zero attached hydrogens (tertiary/aromatic N) is 3. The van der Waals surface area contributed by atoms with Gasteiger partial charge >= 0.3 is 0 Å². The lowest BCUT2D eigenvalue weighted by atomic mass is 9.87. The molecule has 2 aliphatic heterocycles. The second-order valence-corrected chi connectivity index (χ2v) is 14.4. The lowest BCUT2D eigenvalue weighted by Crippen LogP contribution is -2.47. The highest BCUT2D eigenvalue weighted by atomic mass is 32.2. The Kier molecular flexibility index (Phi) is 8.81. The Bertz CT molecular complexity index is 1380.